The molecule has 0 amide bonds. The first kappa shape index (κ1) is 16.3. The summed E-state index contributed by atoms with van der Waals surface area (Å²) >= 11 is 0. The monoisotopic (exact) mass is 311 g/mol. The van der Waals surface area contributed by atoms with Gasteiger partial charge in [0.2, 0.25) is 10.0 Å². The highest BCUT2D eigenvalue weighted by molar-refractivity contribution is 7.89. The fourth-order valence-electron chi connectivity index (χ4n) is 2.75. The highest BCUT2D eigenvalue weighted by atomic mass is 32.2. The number of nitrogens with two attached hydrogens (primary N) is 1. The molecular weight excluding hydrogens is 286 g/mol. The van der Waals surface area contributed by atoms with Crippen LogP contribution in [0.5, 0.6) is 0 Å². The highest BCUT2D eigenvalue weighted by Crippen LogP contribution is 2.19. The van der Waals surface area contributed by atoms with Crippen LogP contribution in [0.25, 0.3) is 0 Å². The Labute approximate surface area is 127 Å². The maximum absolute atomic E-state index is 12.0. The topological polar surface area (TPSA) is 66.6 Å². The van der Waals surface area contributed by atoms with Crippen molar-refractivity contribution in [2.24, 2.45) is 0 Å². The normalized spacial score (nSPS) is 21.6. The van der Waals surface area contributed by atoms with E-state index in [0.29, 0.717) is 13.1 Å². The molecule has 0 aliphatic carbocycles. The van der Waals surface area contributed by atoms with Gasteiger partial charge >= 0.3 is 0 Å². The molecule has 1 saturated heterocycles. The number of nitrogens with zero attached hydrogens (tertiary/aromatic N) is 2. The Bertz CT molecular complexity index is 601. The van der Waals surface area contributed by atoms with Crippen molar-refractivity contribution in [2.45, 2.75) is 33.4 Å². The number of benzene rings is 1. The average Bonchev–Trinajstić information content (AvgIpc) is 2.43. The lowest BCUT2D eigenvalue weighted by Gasteiger charge is -2.39. The summed E-state index contributed by atoms with van der Waals surface area (Å²) in [6, 6.07) is 6.19. The SMILES string of the molecule is CCS(=O)(=O)N1CCN(Cc2ccc(N)cc2C)C(C)C1. The number of rotatable bonds is 4. The molecule has 1 atom stereocenters. The van der Waals surface area contributed by atoms with Gasteiger partial charge in [0.1, 0.15) is 0 Å². The molecule has 1 aromatic carbocycles. The molecular formula is C15H25N3O2S. The second kappa shape index (κ2) is 6.34. The number of nitrogen functional groups attached to an aromatic ring is 1. The predicted octanol–water partition coefficient (Wildman–Crippen LogP) is 1.43. The largest absolute Gasteiger partial charge is 0.399 e. The van der Waals surface area contributed by atoms with Gasteiger partial charge in [-0.1, -0.05) is 6.07 Å². The fraction of sp³-hybridized carbons (Fsp3) is 0.600. The van der Waals surface area contributed by atoms with Gasteiger partial charge in [-0.05, 0) is 44.0 Å². The first-order valence-corrected chi connectivity index (χ1v) is 9.01. The first-order chi connectivity index (χ1) is 9.83. The summed E-state index contributed by atoms with van der Waals surface area (Å²) in [5.41, 5.74) is 9.00. The Morgan fingerprint density at radius 2 is 2.05 bits per heavy atom. The number of sulfonamides is 1. The average molecular weight is 311 g/mol. The van der Waals surface area contributed by atoms with Crippen LogP contribution in [0.2, 0.25) is 0 Å². The van der Waals surface area contributed by atoms with Crippen molar-refractivity contribution in [2.75, 3.05) is 31.1 Å². The fourth-order valence-corrected chi connectivity index (χ4v) is 3.92. The minimum Gasteiger partial charge on any atom is -0.399 e. The van der Waals surface area contributed by atoms with Crippen molar-refractivity contribution in [3.8, 4) is 0 Å². The summed E-state index contributed by atoms with van der Waals surface area (Å²) in [5.74, 6) is 0.177. The molecule has 2 rings (SSSR count). The van der Waals surface area contributed by atoms with E-state index in [1.165, 1.54) is 11.1 Å². The van der Waals surface area contributed by atoms with Crippen molar-refractivity contribution >= 4 is 15.7 Å². The van der Waals surface area contributed by atoms with E-state index in [0.717, 1.165) is 18.8 Å². The third-order valence-electron chi connectivity index (χ3n) is 4.23. The van der Waals surface area contributed by atoms with Crippen LogP contribution in [-0.2, 0) is 16.6 Å². The van der Waals surface area contributed by atoms with Gasteiger partial charge in [-0.2, -0.15) is 4.31 Å². The highest BCUT2D eigenvalue weighted by Gasteiger charge is 2.30. The van der Waals surface area contributed by atoms with Crippen LogP contribution in [-0.4, -0.2) is 49.1 Å². The minimum absolute atomic E-state index is 0.177. The second-order valence-corrected chi connectivity index (χ2v) is 8.02. The van der Waals surface area contributed by atoms with Crippen LogP contribution in [0.3, 0.4) is 0 Å². The number of hydrogen-bond acceptors (Lipinski definition) is 4. The lowest BCUT2D eigenvalue weighted by Crippen LogP contribution is -2.53. The second-order valence-electron chi connectivity index (χ2n) is 5.76. The van der Waals surface area contributed by atoms with Crippen LogP contribution >= 0.6 is 0 Å². The quantitative estimate of drug-likeness (QED) is 0.854. The van der Waals surface area contributed by atoms with Gasteiger partial charge in [0.25, 0.3) is 0 Å². The van der Waals surface area contributed by atoms with Gasteiger partial charge in [-0.3, -0.25) is 4.90 Å². The number of hydrogen-bond donors (Lipinski definition) is 1. The van der Waals surface area contributed by atoms with Crippen molar-refractivity contribution in [1.29, 1.82) is 0 Å². The van der Waals surface area contributed by atoms with E-state index in [2.05, 4.69) is 24.8 Å². The van der Waals surface area contributed by atoms with Gasteiger partial charge in [-0.25, -0.2) is 8.42 Å². The zero-order chi connectivity index (χ0) is 15.6. The van der Waals surface area contributed by atoms with Gasteiger partial charge in [-0.15, -0.1) is 0 Å². The molecule has 0 saturated carbocycles. The predicted molar refractivity (Wildman–Crippen MR) is 86.5 cm³/mol. The maximum Gasteiger partial charge on any atom is 0.213 e. The van der Waals surface area contributed by atoms with E-state index in [1.807, 2.05) is 12.1 Å². The lowest BCUT2D eigenvalue weighted by atomic mass is 10.1. The Morgan fingerprint density at radius 3 is 2.62 bits per heavy atom. The zero-order valence-electron chi connectivity index (χ0n) is 13.0. The third kappa shape index (κ3) is 3.75. The third-order valence-corrected chi connectivity index (χ3v) is 6.07. The molecule has 0 spiro atoms. The van der Waals surface area contributed by atoms with Gasteiger partial charge in [0, 0.05) is 37.9 Å². The Morgan fingerprint density at radius 1 is 1.33 bits per heavy atom. The first-order valence-electron chi connectivity index (χ1n) is 7.40. The molecule has 0 bridgehead atoms. The number of anilines is 1. The molecule has 0 radical (unpaired) electrons. The van der Waals surface area contributed by atoms with Crippen LogP contribution < -0.4 is 5.73 Å². The summed E-state index contributed by atoms with van der Waals surface area (Å²) < 4.78 is 25.5. The summed E-state index contributed by atoms with van der Waals surface area (Å²) in [6.45, 7) is 8.61. The molecule has 1 fully saturated rings. The number of piperazine rings is 1. The Hall–Kier alpha value is -1.11. The zero-order valence-corrected chi connectivity index (χ0v) is 13.9. The smallest absolute Gasteiger partial charge is 0.213 e. The molecule has 1 unspecified atom stereocenters. The molecule has 1 aliphatic rings. The molecule has 2 N–H and O–H groups in total. The number of aryl methyl sites for hydroxylation is 1. The van der Waals surface area contributed by atoms with Crippen LogP contribution in [0.15, 0.2) is 18.2 Å². The molecule has 1 aromatic rings. The standard InChI is InChI=1S/C15H25N3O2S/c1-4-21(19,20)18-8-7-17(13(3)10-18)11-14-5-6-15(16)9-12(14)2/h5-6,9,13H,4,7-8,10-11,16H2,1-3H3. The summed E-state index contributed by atoms with van der Waals surface area (Å²) in [5, 5.41) is 0. The summed E-state index contributed by atoms with van der Waals surface area (Å²) in [6.07, 6.45) is 0. The summed E-state index contributed by atoms with van der Waals surface area (Å²) in [7, 11) is -3.07. The molecule has 1 aliphatic heterocycles. The van der Waals surface area contributed by atoms with Crippen LogP contribution in [0.1, 0.15) is 25.0 Å². The van der Waals surface area contributed by atoms with Gasteiger partial charge in [0.05, 0.1) is 5.75 Å². The molecule has 6 heteroatoms. The molecule has 1 heterocycles. The molecule has 118 valence electrons. The van der Waals surface area contributed by atoms with Crippen molar-refractivity contribution in [3.63, 3.8) is 0 Å². The minimum atomic E-state index is -3.07. The van der Waals surface area contributed by atoms with E-state index < -0.39 is 10.0 Å². The van der Waals surface area contributed by atoms with Gasteiger partial charge in [0.15, 0.2) is 0 Å². The molecule has 5 nitrogen and oxygen atoms in total. The van der Waals surface area contributed by atoms with Gasteiger partial charge < -0.3 is 5.73 Å². The molecule has 21 heavy (non-hydrogen) atoms. The van der Waals surface area contributed by atoms with E-state index >= 15 is 0 Å². The Kier molecular flexibility index (Phi) is 4.91. The van der Waals surface area contributed by atoms with Crippen LogP contribution in [0, 0.1) is 6.92 Å². The molecule has 0 aromatic heterocycles. The van der Waals surface area contributed by atoms with E-state index in [1.54, 1.807) is 11.2 Å². The van der Waals surface area contributed by atoms with Crippen molar-refractivity contribution in [3.05, 3.63) is 29.3 Å². The van der Waals surface area contributed by atoms with E-state index in [-0.39, 0.29) is 11.8 Å². The van der Waals surface area contributed by atoms with Crippen molar-refractivity contribution in [1.82, 2.24) is 9.21 Å². The Balaban J connectivity index is 2.04. The van der Waals surface area contributed by atoms with Crippen LogP contribution in [0.4, 0.5) is 5.69 Å². The van der Waals surface area contributed by atoms with E-state index in [9.17, 15) is 8.42 Å². The maximum atomic E-state index is 12.0. The summed E-state index contributed by atoms with van der Waals surface area (Å²) in [4.78, 5) is 2.33. The van der Waals surface area contributed by atoms with Crippen molar-refractivity contribution < 1.29 is 8.42 Å². The lowest BCUT2D eigenvalue weighted by molar-refractivity contribution is 0.122. The van der Waals surface area contributed by atoms with E-state index in [4.69, 9.17) is 5.73 Å².